The quantitative estimate of drug-likeness (QED) is 0.307. The molecule has 0 aliphatic carbocycles. The summed E-state index contributed by atoms with van der Waals surface area (Å²) < 4.78 is 12.0. The first-order chi connectivity index (χ1) is 19.8. The number of hydrogen-bond acceptors (Lipinski definition) is 5. The molecule has 216 valence electrons. The molecule has 0 radical (unpaired) electrons. The molecule has 4 atom stereocenters. The molecule has 2 aliphatic heterocycles. The summed E-state index contributed by atoms with van der Waals surface area (Å²) in [4.78, 5) is 12.7. The van der Waals surface area contributed by atoms with Gasteiger partial charge in [0.1, 0.15) is 5.75 Å². The van der Waals surface area contributed by atoms with Crippen LogP contribution in [0, 0.1) is 5.92 Å². The third-order valence-electron chi connectivity index (χ3n) is 9.02. The maximum absolute atomic E-state index is 12.7. The number of hydrazone groups is 1. The first kappa shape index (κ1) is 29.2. The van der Waals surface area contributed by atoms with Crippen LogP contribution in [-0.2, 0) is 16.0 Å². The lowest BCUT2D eigenvalue weighted by Crippen LogP contribution is -2.50. The van der Waals surface area contributed by atoms with E-state index in [0.29, 0.717) is 30.7 Å². The molecular formula is C34H42N2O4Si. The Labute approximate surface area is 245 Å². The Morgan fingerprint density at radius 2 is 1.66 bits per heavy atom. The van der Waals surface area contributed by atoms with Gasteiger partial charge in [-0.2, -0.15) is 5.10 Å². The van der Waals surface area contributed by atoms with Crippen LogP contribution in [0.5, 0.6) is 5.75 Å². The zero-order chi connectivity index (χ0) is 29.0. The Bertz CT molecular complexity index is 1340. The van der Waals surface area contributed by atoms with Gasteiger partial charge in [-0.15, -0.1) is 0 Å². The van der Waals surface area contributed by atoms with Crippen molar-refractivity contribution in [2.75, 3.05) is 18.7 Å². The number of rotatable bonds is 10. The van der Waals surface area contributed by atoms with E-state index in [2.05, 4.69) is 56.4 Å². The van der Waals surface area contributed by atoms with Crippen LogP contribution in [0.15, 0.2) is 84.0 Å². The Morgan fingerprint density at radius 1 is 0.951 bits per heavy atom. The molecule has 3 aromatic rings. The number of benzene rings is 3. The molecular weight excluding hydrogens is 528 g/mol. The van der Waals surface area contributed by atoms with Gasteiger partial charge in [-0.25, -0.2) is 5.01 Å². The second kappa shape index (κ2) is 12.7. The van der Waals surface area contributed by atoms with Crippen molar-refractivity contribution in [2.45, 2.75) is 69.9 Å². The van der Waals surface area contributed by atoms with Crippen molar-refractivity contribution in [1.82, 2.24) is 0 Å². The number of hydrogen-bond donors (Lipinski definition) is 1. The maximum atomic E-state index is 12.7. The molecule has 5 rings (SSSR count). The van der Waals surface area contributed by atoms with Gasteiger partial charge in [0, 0.05) is 19.4 Å². The second-order valence-corrected chi connectivity index (χ2v) is 16.6. The molecule has 7 heteroatoms. The van der Waals surface area contributed by atoms with E-state index in [-0.39, 0.29) is 24.7 Å². The van der Waals surface area contributed by atoms with Crippen molar-refractivity contribution < 1.29 is 19.4 Å². The van der Waals surface area contributed by atoms with Crippen molar-refractivity contribution in [3.8, 4) is 5.75 Å². The molecule has 0 spiro atoms. The highest BCUT2D eigenvalue weighted by atomic mass is 28.3. The van der Waals surface area contributed by atoms with Crippen LogP contribution in [0.2, 0.25) is 18.6 Å². The van der Waals surface area contributed by atoms with E-state index in [1.165, 1.54) is 10.8 Å². The minimum absolute atomic E-state index is 0.0234. The number of amides is 1. The zero-order valence-electron chi connectivity index (χ0n) is 24.6. The first-order valence-corrected chi connectivity index (χ1v) is 17.8. The molecule has 1 saturated heterocycles. The van der Waals surface area contributed by atoms with E-state index in [4.69, 9.17) is 14.6 Å². The lowest BCUT2D eigenvalue weighted by molar-refractivity contribution is -0.118. The Balaban J connectivity index is 1.26. The summed E-state index contributed by atoms with van der Waals surface area (Å²) in [6.07, 6.45) is 3.81. The molecule has 41 heavy (non-hydrogen) atoms. The highest BCUT2D eigenvalue weighted by Crippen LogP contribution is 2.46. The molecule has 3 aromatic carbocycles. The van der Waals surface area contributed by atoms with Crippen LogP contribution in [0.1, 0.15) is 43.7 Å². The predicted octanol–water partition coefficient (Wildman–Crippen LogP) is 5.93. The van der Waals surface area contributed by atoms with Gasteiger partial charge in [0.2, 0.25) is 5.91 Å². The van der Waals surface area contributed by atoms with Crippen molar-refractivity contribution in [1.29, 1.82) is 0 Å². The number of aryl methyl sites for hydroxylation is 1. The second-order valence-electron chi connectivity index (χ2n) is 11.9. The number of anilines is 1. The Hall–Kier alpha value is -3.26. The van der Waals surface area contributed by atoms with E-state index in [0.717, 1.165) is 35.6 Å². The summed E-state index contributed by atoms with van der Waals surface area (Å²) in [5.74, 6) is 1.29. The smallest absolute Gasteiger partial charge is 0.247 e. The summed E-state index contributed by atoms with van der Waals surface area (Å²) >= 11 is 0. The number of aliphatic hydroxyl groups excluding tert-OH is 1. The van der Waals surface area contributed by atoms with Gasteiger partial charge >= 0.3 is 0 Å². The molecule has 6 nitrogen and oxygen atoms in total. The highest BCUT2D eigenvalue weighted by Gasteiger charge is 2.50. The van der Waals surface area contributed by atoms with Gasteiger partial charge in [0.15, 0.2) is 0 Å². The fourth-order valence-electron chi connectivity index (χ4n) is 6.75. The summed E-state index contributed by atoms with van der Waals surface area (Å²) in [5, 5.41) is 17.5. The Morgan fingerprint density at radius 3 is 2.32 bits per heavy atom. The Kier molecular flexibility index (Phi) is 9.07. The fraction of sp³-hybridized carbons (Fsp3) is 0.412. The van der Waals surface area contributed by atoms with E-state index < -0.39 is 8.07 Å². The summed E-state index contributed by atoms with van der Waals surface area (Å²) in [5.41, 5.74) is 4.43. The first-order valence-electron chi connectivity index (χ1n) is 14.8. The fourth-order valence-corrected chi connectivity index (χ4v) is 10.9. The van der Waals surface area contributed by atoms with Gasteiger partial charge < -0.3 is 14.6 Å². The maximum Gasteiger partial charge on any atom is 0.247 e. The highest BCUT2D eigenvalue weighted by molar-refractivity contribution is 6.91. The molecule has 0 unspecified atom stereocenters. The van der Waals surface area contributed by atoms with Crippen LogP contribution in [0.3, 0.4) is 0 Å². The summed E-state index contributed by atoms with van der Waals surface area (Å²) in [6.45, 7) is 7.33. The van der Waals surface area contributed by atoms with Crippen LogP contribution in [0.4, 0.5) is 5.69 Å². The van der Waals surface area contributed by atoms with Gasteiger partial charge in [-0.05, 0) is 66.1 Å². The lowest BCUT2D eigenvalue weighted by atomic mass is 9.95. The van der Waals surface area contributed by atoms with Crippen molar-refractivity contribution in [2.24, 2.45) is 11.0 Å². The molecule has 0 aromatic heterocycles. The molecule has 0 bridgehead atoms. The van der Waals surface area contributed by atoms with Gasteiger partial charge in [-0.3, -0.25) is 4.79 Å². The SMILES string of the molecule is COc1ccc([Si](C)(C)[C@H]2[C@H](C)[C@H](CCc3ccc(N4N=C(c5ccccc5)CCC4=O)cc3)O[C@@H]2CCO)cc1. The van der Waals surface area contributed by atoms with E-state index >= 15 is 0 Å². The number of carbonyl (C=O) groups is 1. The van der Waals surface area contributed by atoms with Crippen LogP contribution < -0.4 is 14.9 Å². The third kappa shape index (κ3) is 6.32. The third-order valence-corrected chi connectivity index (χ3v) is 13.4. The topological polar surface area (TPSA) is 71.4 Å². The standard InChI is InChI=1S/C34H42N2O4Si/c1-24-31(40-32(22-23-37)34(24)41(3,4)29-17-15-28(39-2)16-18-29)20-12-25-10-13-27(14-11-25)36-33(38)21-19-30(35-36)26-8-6-5-7-9-26/h5-11,13-18,24,31-32,34,37H,12,19-23H2,1-4H3/t24-,31+,32-,34+/m1/s1. The molecule has 1 amide bonds. The summed E-state index contributed by atoms with van der Waals surface area (Å²) in [6, 6.07) is 26.8. The predicted molar refractivity (Wildman–Crippen MR) is 168 cm³/mol. The van der Waals surface area contributed by atoms with Gasteiger partial charge in [-0.1, -0.05) is 79.8 Å². The van der Waals surface area contributed by atoms with Crippen LogP contribution >= 0.6 is 0 Å². The molecule has 2 aliphatic rings. The minimum atomic E-state index is -1.90. The number of ether oxygens (including phenoxy) is 2. The normalized spacial score (nSPS) is 23.0. The van der Waals surface area contributed by atoms with Crippen molar-refractivity contribution in [3.63, 3.8) is 0 Å². The average Bonchev–Trinajstić information content (AvgIpc) is 3.32. The number of carbonyl (C=O) groups excluding carboxylic acids is 1. The van der Waals surface area contributed by atoms with E-state index in [1.54, 1.807) is 12.1 Å². The molecule has 2 heterocycles. The van der Waals surface area contributed by atoms with Crippen LogP contribution in [0.25, 0.3) is 0 Å². The zero-order valence-corrected chi connectivity index (χ0v) is 25.6. The lowest BCUT2D eigenvalue weighted by Gasteiger charge is -2.36. The average molecular weight is 571 g/mol. The largest absolute Gasteiger partial charge is 0.497 e. The van der Waals surface area contributed by atoms with Crippen molar-refractivity contribution >= 4 is 30.6 Å². The molecule has 1 N–H and O–H groups in total. The molecule has 0 saturated carbocycles. The van der Waals surface area contributed by atoms with Crippen LogP contribution in [-0.4, -0.2) is 50.7 Å². The van der Waals surface area contributed by atoms with Crippen molar-refractivity contribution in [3.05, 3.63) is 90.0 Å². The molecule has 1 fully saturated rings. The number of nitrogens with zero attached hydrogens (tertiary/aromatic N) is 2. The minimum Gasteiger partial charge on any atom is -0.497 e. The summed E-state index contributed by atoms with van der Waals surface area (Å²) in [7, 11) is -0.203. The van der Waals surface area contributed by atoms with E-state index in [1.807, 2.05) is 42.5 Å². The van der Waals surface area contributed by atoms with E-state index in [9.17, 15) is 9.90 Å². The number of methoxy groups -OCH3 is 1. The van der Waals surface area contributed by atoms with Gasteiger partial charge in [0.05, 0.1) is 38.8 Å². The monoisotopic (exact) mass is 570 g/mol. The van der Waals surface area contributed by atoms with Gasteiger partial charge in [0.25, 0.3) is 0 Å². The number of aliphatic hydroxyl groups is 1.